The molecule has 0 aliphatic carbocycles. The molecule has 1 aromatic carbocycles. The molecule has 0 atom stereocenters. The minimum Gasteiger partial charge on any atom is -0.355 e. The van der Waals surface area contributed by atoms with Gasteiger partial charge in [0.25, 0.3) is 0 Å². The fourth-order valence-corrected chi connectivity index (χ4v) is 4.42. The van der Waals surface area contributed by atoms with Crippen molar-refractivity contribution >= 4 is 48.5 Å². The van der Waals surface area contributed by atoms with E-state index in [0.29, 0.717) is 5.69 Å². The van der Waals surface area contributed by atoms with Gasteiger partial charge in [0.15, 0.2) is 0 Å². The second kappa shape index (κ2) is 6.71. The smallest absolute Gasteiger partial charge is 0.229 e. The highest BCUT2D eigenvalue weighted by molar-refractivity contribution is 7.92. The molecule has 7 nitrogen and oxygen atoms in total. The predicted octanol–water partition coefficient (Wildman–Crippen LogP) is 3.50. The summed E-state index contributed by atoms with van der Waals surface area (Å²) >= 11 is 3.17. The van der Waals surface area contributed by atoms with Crippen molar-refractivity contribution in [1.82, 2.24) is 14.6 Å². The van der Waals surface area contributed by atoms with E-state index in [1.807, 2.05) is 23.7 Å². The Hall–Kier alpha value is -2.43. The summed E-state index contributed by atoms with van der Waals surface area (Å²) in [6.07, 6.45) is 2.96. The summed E-state index contributed by atoms with van der Waals surface area (Å²) in [5.41, 5.74) is 2.07. The molecule has 0 saturated carbocycles. The van der Waals surface area contributed by atoms with Gasteiger partial charge in [0.1, 0.15) is 0 Å². The number of rotatable bonds is 6. The van der Waals surface area contributed by atoms with Gasteiger partial charge in [-0.1, -0.05) is 29.5 Å². The van der Waals surface area contributed by atoms with Crippen LogP contribution in [0.25, 0.3) is 16.2 Å². The van der Waals surface area contributed by atoms with Gasteiger partial charge in [-0.3, -0.25) is 4.72 Å². The van der Waals surface area contributed by atoms with E-state index in [1.165, 1.54) is 16.2 Å². The van der Waals surface area contributed by atoms with E-state index in [0.717, 1.165) is 34.2 Å². The van der Waals surface area contributed by atoms with Gasteiger partial charge >= 0.3 is 0 Å². The van der Waals surface area contributed by atoms with Gasteiger partial charge in [-0.2, -0.15) is 0 Å². The van der Waals surface area contributed by atoms with Crippen LogP contribution in [0.4, 0.5) is 10.8 Å². The fraction of sp³-hybridized carbons (Fsp3) is 0.125. The maximum absolute atomic E-state index is 11.4. The lowest BCUT2D eigenvalue weighted by Crippen LogP contribution is -2.09. The molecule has 0 fully saturated rings. The molecule has 2 N–H and O–H groups in total. The summed E-state index contributed by atoms with van der Waals surface area (Å²) in [7, 11) is -3.31. The number of nitrogens with zero attached hydrogens (tertiary/aromatic N) is 3. The Morgan fingerprint density at radius 3 is 2.85 bits per heavy atom. The molecule has 0 unspecified atom stereocenters. The molecule has 3 heterocycles. The summed E-state index contributed by atoms with van der Waals surface area (Å²) in [6, 6.07) is 11.2. The molecule has 0 radical (unpaired) electrons. The van der Waals surface area contributed by atoms with Gasteiger partial charge in [0.05, 0.1) is 24.7 Å². The molecule has 134 valence electrons. The van der Waals surface area contributed by atoms with Gasteiger partial charge in [-0.05, 0) is 23.6 Å². The summed E-state index contributed by atoms with van der Waals surface area (Å²) in [5, 5.41) is 10.6. The van der Waals surface area contributed by atoms with E-state index in [-0.39, 0.29) is 0 Å². The van der Waals surface area contributed by atoms with E-state index in [2.05, 4.69) is 26.2 Å². The molecule has 4 aromatic rings. The quantitative estimate of drug-likeness (QED) is 0.513. The van der Waals surface area contributed by atoms with Crippen LogP contribution < -0.4 is 10.0 Å². The van der Waals surface area contributed by atoms with Crippen LogP contribution in [-0.4, -0.2) is 29.3 Å². The van der Waals surface area contributed by atoms with Crippen molar-refractivity contribution < 1.29 is 8.42 Å². The minimum absolute atomic E-state index is 0.507. The van der Waals surface area contributed by atoms with Crippen LogP contribution >= 0.6 is 22.7 Å². The third kappa shape index (κ3) is 3.87. The van der Waals surface area contributed by atoms with E-state index < -0.39 is 10.0 Å². The van der Waals surface area contributed by atoms with E-state index >= 15 is 0 Å². The number of hydrogen-bond acceptors (Lipinski definition) is 7. The first-order valence-corrected chi connectivity index (χ1v) is 11.3. The Morgan fingerprint density at radius 2 is 2.12 bits per heavy atom. The lowest BCUT2D eigenvalue weighted by atomic mass is 10.1. The van der Waals surface area contributed by atoms with Crippen molar-refractivity contribution in [2.75, 3.05) is 16.3 Å². The first-order valence-electron chi connectivity index (χ1n) is 7.67. The van der Waals surface area contributed by atoms with Crippen molar-refractivity contribution in [3.05, 3.63) is 52.9 Å². The van der Waals surface area contributed by atoms with E-state index in [1.54, 1.807) is 34.1 Å². The zero-order valence-corrected chi connectivity index (χ0v) is 16.2. The fourth-order valence-electron chi connectivity index (χ4n) is 2.44. The number of sulfonamides is 1. The molecule has 3 aromatic heterocycles. The zero-order chi connectivity index (χ0) is 18.1. The lowest BCUT2D eigenvalue weighted by Gasteiger charge is -2.05. The van der Waals surface area contributed by atoms with Crippen LogP contribution in [0, 0.1) is 0 Å². The summed E-state index contributed by atoms with van der Waals surface area (Å²) < 4.78 is 27.0. The molecule has 0 aliphatic heterocycles. The third-order valence-corrected chi connectivity index (χ3v) is 5.86. The topological polar surface area (TPSA) is 88.4 Å². The normalized spacial score (nSPS) is 11.7. The van der Waals surface area contributed by atoms with Crippen LogP contribution in [0.2, 0.25) is 0 Å². The molecular weight excluding hydrogens is 390 g/mol. The monoisotopic (exact) mass is 405 g/mol. The summed E-state index contributed by atoms with van der Waals surface area (Å²) in [6.45, 7) is 0.737. The zero-order valence-electron chi connectivity index (χ0n) is 13.7. The highest BCUT2D eigenvalue weighted by Crippen LogP contribution is 2.26. The van der Waals surface area contributed by atoms with Crippen molar-refractivity contribution in [3.8, 4) is 11.3 Å². The number of nitrogens with one attached hydrogen (secondary N) is 2. The Kier molecular flexibility index (Phi) is 4.39. The number of thiophene rings is 1. The Balaban J connectivity index is 1.54. The minimum atomic E-state index is -3.31. The molecular formula is C16H15N5O2S3. The molecule has 0 spiro atoms. The Morgan fingerprint density at radius 1 is 1.23 bits per heavy atom. The first-order chi connectivity index (χ1) is 12.5. The van der Waals surface area contributed by atoms with Crippen molar-refractivity contribution in [1.29, 1.82) is 0 Å². The maximum atomic E-state index is 11.4. The molecule has 0 aliphatic rings. The number of hydrogen-bond donors (Lipinski definition) is 2. The van der Waals surface area contributed by atoms with Crippen molar-refractivity contribution in [3.63, 3.8) is 0 Å². The maximum Gasteiger partial charge on any atom is 0.229 e. The van der Waals surface area contributed by atoms with Gasteiger partial charge in [0.2, 0.25) is 20.1 Å². The molecule has 26 heavy (non-hydrogen) atoms. The molecule has 0 bridgehead atoms. The average molecular weight is 406 g/mol. The van der Waals surface area contributed by atoms with Crippen molar-refractivity contribution in [2.45, 2.75) is 6.54 Å². The number of benzene rings is 1. The van der Waals surface area contributed by atoms with Gasteiger partial charge in [-0.15, -0.1) is 16.4 Å². The molecule has 10 heteroatoms. The standard InChI is InChI=1S/C16H15N5O2S3/c1-26(22,23)20-12-5-2-4-11(8-12)14-10-21-16(18-14)25-15(19-21)17-9-13-6-3-7-24-13/h2-8,10,20H,9H2,1H3,(H,17,19). The van der Waals surface area contributed by atoms with Crippen LogP contribution in [0.1, 0.15) is 4.88 Å². The Labute approximate surface area is 158 Å². The molecule has 4 rings (SSSR count). The van der Waals surface area contributed by atoms with Gasteiger partial charge in [-0.25, -0.2) is 17.9 Å². The van der Waals surface area contributed by atoms with Gasteiger partial charge < -0.3 is 5.32 Å². The summed E-state index contributed by atoms with van der Waals surface area (Å²) in [4.78, 5) is 6.61. The third-order valence-electron chi connectivity index (χ3n) is 3.50. The Bertz CT molecular complexity index is 1110. The number of anilines is 2. The van der Waals surface area contributed by atoms with Crippen LogP contribution in [-0.2, 0) is 16.6 Å². The lowest BCUT2D eigenvalue weighted by molar-refractivity contribution is 0.607. The predicted molar refractivity (Wildman–Crippen MR) is 106 cm³/mol. The highest BCUT2D eigenvalue weighted by Gasteiger charge is 2.11. The average Bonchev–Trinajstić information content (AvgIpc) is 3.27. The number of imidazole rings is 1. The number of fused-ring (bicyclic) bond motifs is 1. The molecule has 0 saturated heterocycles. The largest absolute Gasteiger partial charge is 0.355 e. The van der Waals surface area contributed by atoms with Crippen LogP contribution in [0.5, 0.6) is 0 Å². The second-order valence-corrected chi connectivity index (χ2v) is 9.39. The van der Waals surface area contributed by atoms with Crippen molar-refractivity contribution in [2.24, 2.45) is 0 Å². The highest BCUT2D eigenvalue weighted by atomic mass is 32.2. The van der Waals surface area contributed by atoms with Crippen LogP contribution in [0.15, 0.2) is 48.0 Å². The first kappa shape index (κ1) is 17.0. The summed E-state index contributed by atoms with van der Waals surface area (Å²) in [5.74, 6) is 0. The van der Waals surface area contributed by atoms with Crippen LogP contribution in [0.3, 0.4) is 0 Å². The van der Waals surface area contributed by atoms with E-state index in [9.17, 15) is 8.42 Å². The molecule has 0 amide bonds. The SMILES string of the molecule is CS(=O)(=O)Nc1cccc(-c2cn3nc(NCc4cccs4)sc3n2)c1. The van der Waals surface area contributed by atoms with Gasteiger partial charge in [0, 0.05) is 16.1 Å². The number of aromatic nitrogens is 3. The second-order valence-electron chi connectivity index (χ2n) is 5.65. The van der Waals surface area contributed by atoms with E-state index in [4.69, 9.17) is 0 Å².